The van der Waals surface area contributed by atoms with Gasteiger partial charge in [0, 0.05) is 24.5 Å². The van der Waals surface area contributed by atoms with E-state index in [4.69, 9.17) is 18.9 Å². The summed E-state index contributed by atoms with van der Waals surface area (Å²) in [4.78, 5) is 52.6. The zero-order valence-corrected chi connectivity index (χ0v) is 26.5. The van der Waals surface area contributed by atoms with E-state index in [9.17, 15) is 19.2 Å². The fraction of sp³-hybridized carbons (Fsp3) is 0.314. The van der Waals surface area contributed by atoms with Crippen LogP contribution in [0.1, 0.15) is 73.1 Å². The van der Waals surface area contributed by atoms with Crippen LogP contribution in [0.3, 0.4) is 0 Å². The average Bonchev–Trinajstić information content (AvgIpc) is 3.60. The first-order valence-electron chi connectivity index (χ1n) is 14.7. The SMILES string of the molecule is CCc1c(C(=O)OC)c(C(=O)OC)c(-c2ccccc2)n1CCCn1c(CC)c(C(=O)OC)c(C(=O)OC)c1-c1ccccc1. The molecule has 2 aromatic heterocycles. The third-order valence-corrected chi connectivity index (χ3v) is 7.83. The zero-order valence-electron chi connectivity index (χ0n) is 26.5. The fourth-order valence-electron chi connectivity index (χ4n) is 5.99. The lowest BCUT2D eigenvalue weighted by Gasteiger charge is -2.17. The molecule has 0 aliphatic heterocycles. The molecule has 0 atom stereocenters. The lowest BCUT2D eigenvalue weighted by atomic mass is 10.0. The van der Waals surface area contributed by atoms with Gasteiger partial charge in [-0.3, -0.25) is 0 Å². The number of rotatable bonds is 12. The molecule has 236 valence electrons. The fourth-order valence-corrected chi connectivity index (χ4v) is 5.99. The van der Waals surface area contributed by atoms with Crippen molar-refractivity contribution in [2.24, 2.45) is 0 Å². The summed E-state index contributed by atoms with van der Waals surface area (Å²) in [5.74, 6) is -2.53. The second-order valence-corrected chi connectivity index (χ2v) is 10.2. The Kier molecular flexibility index (Phi) is 10.6. The third-order valence-electron chi connectivity index (χ3n) is 7.83. The largest absolute Gasteiger partial charge is 0.465 e. The van der Waals surface area contributed by atoms with Gasteiger partial charge in [-0.15, -0.1) is 0 Å². The van der Waals surface area contributed by atoms with Gasteiger partial charge in [-0.05, 0) is 30.4 Å². The van der Waals surface area contributed by atoms with Gasteiger partial charge in [-0.2, -0.15) is 0 Å². The van der Waals surface area contributed by atoms with Gasteiger partial charge in [0.15, 0.2) is 0 Å². The standard InChI is InChI=1S/C35H38N2O8/c1-7-24-26(32(38)42-3)28(34(40)44-5)30(22-16-11-9-12-17-22)36(24)20-15-21-37-25(8-2)27(33(39)43-4)29(35(41)45-6)31(37)23-18-13-10-14-19-23/h9-14,16-19H,7-8,15,20-21H2,1-6H3. The van der Waals surface area contributed by atoms with Gasteiger partial charge < -0.3 is 28.1 Å². The van der Waals surface area contributed by atoms with Crippen molar-refractivity contribution in [3.8, 4) is 22.5 Å². The van der Waals surface area contributed by atoms with Gasteiger partial charge in [0.05, 0.1) is 51.0 Å². The molecule has 45 heavy (non-hydrogen) atoms. The monoisotopic (exact) mass is 614 g/mol. The Morgan fingerprint density at radius 2 is 0.822 bits per heavy atom. The summed E-state index contributed by atoms with van der Waals surface area (Å²) in [5, 5.41) is 0. The van der Waals surface area contributed by atoms with Crippen LogP contribution in [-0.4, -0.2) is 61.5 Å². The van der Waals surface area contributed by atoms with Crippen LogP contribution in [0.5, 0.6) is 0 Å². The maximum atomic E-state index is 13.2. The van der Waals surface area contributed by atoms with Crippen molar-refractivity contribution in [3.05, 3.63) is 94.3 Å². The van der Waals surface area contributed by atoms with Crippen LogP contribution < -0.4 is 0 Å². The highest BCUT2D eigenvalue weighted by molar-refractivity contribution is 6.10. The van der Waals surface area contributed by atoms with E-state index in [0.717, 1.165) is 11.1 Å². The van der Waals surface area contributed by atoms with Gasteiger partial charge in [0.25, 0.3) is 0 Å². The Labute approximate surface area is 262 Å². The Bertz CT molecular complexity index is 1570. The van der Waals surface area contributed by atoms with E-state index in [1.807, 2.05) is 83.6 Å². The summed E-state index contributed by atoms with van der Waals surface area (Å²) in [5.41, 5.74) is 4.50. The van der Waals surface area contributed by atoms with Crippen LogP contribution >= 0.6 is 0 Å². The molecule has 0 saturated heterocycles. The maximum absolute atomic E-state index is 13.2. The molecule has 2 aromatic carbocycles. The molecule has 0 saturated carbocycles. The third kappa shape index (κ3) is 6.13. The Hall–Kier alpha value is -5.12. The summed E-state index contributed by atoms with van der Waals surface area (Å²) in [6.07, 6.45) is 1.39. The number of nitrogens with zero attached hydrogens (tertiary/aromatic N) is 2. The summed E-state index contributed by atoms with van der Waals surface area (Å²) in [7, 11) is 5.12. The van der Waals surface area contributed by atoms with Gasteiger partial charge in [-0.1, -0.05) is 74.5 Å². The van der Waals surface area contributed by atoms with Crippen molar-refractivity contribution in [1.29, 1.82) is 0 Å². The van der Waals surface area contributed by atoms with Crippen LogP contribution in [0.2, 0.25) is 0 Å². The van der Waals surface area contributed by atoms with Crippen LogP contribution in [-0.2, 0) is 44.9 Å². The molecule has 0 aliphatic carbocycles. The number of hydrogen-bond acceptors (Lipinski definition) is 8. The predicted octanol–water partition coefficient (Wildman–Crippen LogP) is 5.99. The highest BCUT2D eigenvalue weighted by Crippen LogP contribution is 2.36. The summed E-state index contributed by atoms with van der Waals surface area (Å²) >= 11 is 0. The molecule has 0 spiro atoms. The molecule has 10 nitrogen and oxygen atoms in total. The van der Waals surface area contributed by atoms with Gasteiger partial charge in [0.1, 0.15) is 11.1 Å². The number of hydrogen-bond donors (Lipinski definition) is 0. The van der Waals surface area contributed by atoms with E-state index in [1.165, 1.54) is 28.4 Å². The second-order valence-electron chi connectivity index (χ2n) is 10.2. The smallest absolute Gasteiger partial charge is 0.340 e. The van der Waals surface area contributed by atoms with E-state index in [0.29, 0.717) is 55.1 Å². The number of methoxy groups -OCH3 is 4. The van der Waals surface area contributed by atoms with Crippen molar-refractivity contribution in [2.75, 3.05) is 28.4 Å². The van der Waals surface area contributed by atoms with E-state index in [-0.39, 0.29) is 22.3 Å². The Morgan fingerprint density at radius 1 is 0.511 bits per heavy atom. The van der Waals surface area contributed by atoms with Crippen LogP contribution in [0.15, 0.2) is 60.7 Å². The number of ether oxygens (including phenoxy) is 4. The molecular weight excluding hydrogens is 576 g/mol. The Morgan fingerprint density at radius 3 is 1.11 bits per heavy atom. The zero-order chi connectivity index (χ0) is 32.7. The van der Waals surface area contributed by atoms with Crippen LogP contribution in [0.25, 0.3) is 22.5 Å². The molecule has 2 heterocycles. The van der Waals surface area contributed by atoms with Gasteiger partial charge in [-0.25, -0.2) is 19.2 Å². The Balaban J connectivity index is 1.91. The first-order chi connectivity index (χ1) is 21.8. The second kappa shape index (κ2) is 14.6. The molecule has 10 heteroatoms. The minimum Gasteiger partial charge on any atom is -0.465 e. The molecule has 0 N–H and O–H groups in total. The molecular formula is C35H38N2O8. The highest BCUT2D eigenvalue weighted by atomic mass is 16.5. The van der Waals surface area contributed by atoms with Crippen molar-refractivity contribution in [2.45, 2.75) is 46.2 Å². The van der Waals surface area contributed by atoms with Crippen molar-refractivity contribution < 1.29 is 38.1 Å². The predicted molar refractivity (Wildman–Crippen MR) is 168 cm³/mol. The highest BCUT2D eigenvalue weighted by Gasteiger charge is 2.34. The molecule has 0 bridgehead atoms. The van der Waals surface area contributed by atoms with Crippen LogP contribution in [0.4, 0.5) is 0 Å². The molecule has 4 aromatic rings. The molecule has 0 fully saturated rings. The molecule has 0 aliphatic rings. The first-order valence-corrected chi connectivity index (χ1v) is 14.7. The summed E-state index contributed by atoms with van der Waals surface area (Å²) in [6.45, 7) is 4.61. The van der Waals surface area contributed by atoms with E-state index >= 15 is 0 Å². The number of esters is 4. The first kappa shape index (κ1) is 32.8. The molecule has 0 unspecified atom stereocenters. The normalized spacial score (nSPS) is 10.8. The quantitative estimate of drug-likeness (QED) is 0.141. The van der Waals surface area contributed by atoms with Crippen molar-refractivity contribution in [1.82, 2.24) is 9.13 Å². The number of carbonyl (C=O) groups is 4. The number of benzene rings is 2. The van der Waals surface area contributed by atoms with Crippen molar-refractivity contribution in [3.63, 3.8) is 0 Å². The number of aromatic nitrogens is 2. The summed E-state index contributed by atoms with van der Waals surface area (Å²) in [6, 6.07) is 18.7. The van der Waals surface area contributed by atoms with E-state index in [1.54, 1.807) is 0 Å². The lowest BCUT2D eigenvalue weighted by Crippen LogP contribution is -2.13. The molecule has 0 amide bonds. The minimum atomic E-state index is -0.641. The topological polar surface area (TPSA) is 115 Å². The molecule has 0 radical (unpaired) electrons. The van der Waals surface area contributed by atoms with Gasteiger partial charge >= 0.3 is 23.9 Å². The van der Waals surface area contributed by atoms with Gasteiger partial charge in [0.2, 0.25) is 0 Å². The van der Waals surface area contributed by atoms with E-state index in [2.05, 4.69) is 0 Å². The minimum absolute atomic E-state index is 0.147. The lowest BCUT2D eigenvalue weighted by molar-refractivity contribution is 0.0556. The average molecular weight is 615 g/mol. The van der Waals surface area contributed by atoms with Crippen molar-refractivity contribution >= 4 is 23.9 Å². The van der Waals surface area contributed by atoms with Crippen LogP contribution in [0, 0.1) is 0 Å². The summed E-state index contributed by atoms with van der Waals surface area (Å²) < 4.78 is 24.5. The maximum Gasteiger partial charge on any atom is 0.340 e. The molecule has 4 rings (SSSR count). The van der Waals surface area contributed by atoms with E-state index < -0.39 is 23.9 Å². The number of carbonyl (C=O) groups excluding carboxylic acids is 4.